The van der Waals surface area contributed by atoms with Crippen LogP contribution in [0.1, 0.15) is 11.1 Å². The normalized spacial score (nSPS) is 10.4. The zero-order chi connectivity index (χ0) is 16.7. The summed E-state index contributed by atoms with van der Waals surface area (Å²) in [6.07, 6.45) is 0.993. The molecule has 5 heteroatoms. The summed E-state index contributed by atoms with van der Waals surface area (Å²) in [4.78, 5) is 0. The molecule has 0 saturated heterocycles. The predicted octanol–water partition coefficient (Wildman–Crippen LogP) is 2.67. The minimum atomic E-state index is 0.675. The summed E-state index contributed by atoms with van der Waals surface area (Å²) in [5.41, 5.74) is 2.37. The molecule has 2 aromatic rings. The highest BCUT2D eigenvalue weighted by Crippen LogP contribution is 2.34. The number of methoxy groups -OCH3 is 3. The number of halogens is 1. The van der Waals surface area contributed by atoms with E-state index in [0.717, 1.165) is 41.6 Å². The van der Waals surface area contributed by atoms with Crippen LogP contribution in [0.25, 0.3) is 0 Å². The van der Waals surface area contributed by atoms with Gasteiger partial charge in [-0.25, -0.2) is 0 Å². The molecular weight excluding hydrogens is 314 g/mol. The fourth-order valence-electron chi connectivity index (χ4n) is 2.43. The van der Waals surface area contributed by atoms with E-state index < -0.39 is 0 Å². The first-order valence-corrected chi connectivity index (χ1v) is 7.90. The van der Waals surface area contributed by atoms with Crippen molar-refractivity contribution >= 4 is 11.6 Å². The Hall–Kier alpha value is -1.91. The summed E-state index contributed by atoms with van der Waals surface area (Å²) < 4.78 is 16.1. The van der Waals surface area contributed by atoms with E-state index in [1.54, 1.807) is 21.3 Å². The van der Waals surface area contributed by atoms with Gasteiger partial charge in [-0.2, -0.15) is 0 Å². The van der Waals surface area contributed by atoms with Gasteiger partial charge in [-0.15, -0.1) is 0 Å². The molecule has 0 aliphatic rings. The van der Waals surface area contributed by atoms with Crippen LogP contribution < -0.4 is 19.5 Å². The Morgan fingerprint density at radius 1 is 0.870 bits per heavy atom. The van der Waals surface area contributed by atoms with E-state index in [4.69, 9.17) is 25.8 Å². The van der Waals surface area contributed by atoms with E-state index in [1.807, 2.05) is 24.3 Å². The molecule has 0 radical (unpaired) electrons. The van der Waals surface area contributed by atoms with E-state index in [9.17, 15) is 0 Å². The number of hydrogen-bond donors (Lipinski definition) is 1. The van der Waals surface area contributed by atoms with Crippen LogP contribution in [-0.2, 0) is 13.0 Å². The van der Waals surface area contributed by atoms with Crippen molar-refractivity contribution in [3.05, 3.63) is 52.5 Å². The first kappa shape index (κ1) is 17.4. The second-order valence-corrected chi connectivity index (χ2v) is 5.61. The zero-order valence-electron chi connectivity index (χ0n) is 13.8. The van der Waals surface area contributed by atoms with E-state index in [0.29, 0.717) is 5.75 Å². The van der Waals surface area contributed by atoms with Gasteiger partial charge in [-0.3, -0.25) is 0 Å². The van der Waals surface area contributed by atoms with Gasteiger partial charge in [0, 0.05) is 17.5 Å². The van der Waals surface area contributed by atoms with Gasteiger partial charge in [-0.1, -0.05) is 23.7 Å². The van der Waals surface area contributed by atoms with Crippen molar-refractivity contribution in [2.24, 2.45) is 0 Å². The lowest BCUT2D eigenvalue weighted by molar-refractivity contribution is -0.670. The van der Waals surface area contributed by atoms with E-state index in [1.165, 1.54) is 5.56 Å². The number of ether oxygens (including phenoxy) is 3. The maximum atomic E-state index is 5.90. The molecule has 23 heavy (non-hydrogen) atoms. The van der Waals surface area contributed by atoms with Crippen molar-refractivity contribution < 1.29 is 19.5 Å². The topological polar surface area (TPSA) is 44.3 Å². The Kier molecular flexibility index (Phi) is 6.56. The fraction of sp³-hybridized carbons (Fsp3) is 0.333. The Bertz CT molecular complexity index is 629. The number of quaternary nitrogens is 1. The lowest BCUT2D eigenvalue weighted by atomic mass is 10.1. The van der Waals surface area contributed by atoms with E-state index in [-0.39, 0.29) is 0 Å². The molecule has 0 fully saturated rings. The molecule has 0 saturated carbocycles. The molecule has 0 heterocycles. The van der Waals surface area contributed by atoms with Gasteiger partial charge >= 0.3 is 0 Å². The third-order valence-corrected chi connectivity index (χ3v) is 3.95. The minimum Gasteiger partial charge on any atom is -0.496 e. The quantitative estimate of drug-likeness (QED) is 0.754. The van der Waals surface area contributed by atoms with Gasteiger partial charge in [0.15, 0.2) is 11.5 Å². The second-order valence-electron chi connectivity index (χ2n) is 5.18. The first-order valence-electron chi connectivity index (χ1n) is 7.53. The van der Waals surface area contributed by atoms with Gasteiger partial charge < -0.3 is 19.5 Å². The summed E-state index contributed by atoms with van der Waals surface area (Å²) in [6.45, 7) is 1.80. The van der Waals surface area contributed by atoms with Gasteiger partial charge in [0.1, 0.15) is 12.3 Å². The molecule has 0 amide bonds. The summed E-state index contributed by atoms with van der Waals surface area (Å²) in [6, 6.07) is 11.8. The van der Waals surface area contributed by atoms with Crippen molar-refractivity contribution in [2.75, 3.05) is 27.9 Å². The highest BCUT2D eigenvalue weighted by atomic mass is 35.5. The Labute approximate surface area is 142 Å². The van der Waals surface area contributed by atoms with Crippen molar-refractivity contribution in [1.82, 2.24) is 0 Å². The summed E-state index contributed by atoms with van der Waals surface area (Å²) in [7, 11) is 4.92. The maximum Gasteiger partial charge on any atom is 0.164 e. The van der Waals surface area contributed by atoms with E-state index in [2.05, 4.69) is 17.4 Å². The molecule has 2 N–H and O–H groups in total. The number of nitrogens with two attached hydrogens (primary N) is 1. The summed E-state index contributed by atoms with van der Waals surface area (Å²) in [5.74, 6) is 2.20. The van der Waals surface area contributed by atoms with Gasteiger partial charge in [0.05, 0.1) is 33.4 Å². The molecule has 2 rings (SSSR count). The van der Waals surface area contributed by atoms with Gasteiger partial charge in [0.2, 0.25) is 0 Å². The zero-order valence-corrected chi connectivity index (χ0v) is 14.5. The molecule has 2 aromatic carbocycles. The molecule has 0 bridgehead atoms. The largest absolute Gasteiger partial charge is 0.496 e. The number of benzene rings is 2. The van der Waals surface area contributed by atoms with Crippen LogP contribution in [0.15, 0.2) is 36.4 Å². The van der Waals surface area contributed by atoms with Gasteiger partial charge in [-0.05, 0) is 23.8 Å². The molecule has 0 aliphatic heterocycles. The average Bonchev–Trinajstić information content (AvgIpc) is 2.59. The minimum absolute atomic E-state index is 0.675. The summed E-state index contributed by atoms with van der Waals surface area (Å²) in [5, 5.41) is 3.02. The Morgan fingerprint density at radius 3 is 2.09 bits per heavy atom. The molecule has 124 valence electrons. The maximum absolute atomic E-state index is 5.90. The SMILES string of the molecule is COc1cc(OC)c(OC)cc1C[NH2+]CCc1ccc(Cl)cc1. The van der Waals surface area contributed by atoms with Crippen molar-refractivity contribution in [2.45, 2.75) is 13.0 Å². The van der Waals surface area contributed by atoms with Crippen LogP contribution in [-0.4, -0.2) is 27.9 Å². The molecular formula is C18H23ClNO3+. The standard InChI is InChI=1S/C18H22ClNO3/c1-21-16-11-18(23-3)17(22-2)10-14(16)12-20-9-8-13-4-6-15(19)7-5-13/h4-7,10-11,20H,8-9,12H2,1-3H3/p+1. The lowest BCUT2D eigenvalue weighted by Gasteiger charge is -2.13. The Morgan fingerprint density at radius 2 is 1.48 bits per heavy atom. The molecule has 4 nitrogen and oxygen atoms in total. The average molecular weight is 337 g/mol. The molecule has 0 unspecified atom stereocenters. The number of hydrogen-bond acceptors (Lipinski definition) is 3. The third kappa shape index (κ3) is 4.78. The van der Waals surface area contributed by atoms with Crippen molar-refractivity contribution in [3.63, 3.8) is 0 Å². The van der Waals surface area contributed by atoms with Crippen LogP contribution in [0.2, 0.25) is 5.02 Å². The number of rotatable bonds is 8. The van der Waals surface area contributed by atoms with Crippen LogP contribution in [0.5, 0.6) is 17.2 Å². The lowest BCUT2D eigenvalue weighted by Crippen LogP contribution is -2.83. The van der Waals surface area contributed by atoms with Crippen LogP contribution in [0, 0.1) is 0 Å². The van der Waals surface area contributed by atoms with Crippen LogP contribution in [0.4, 0.5) is 0 Å². The highest BCUT2D eigenvalue weighted by Gasteiger charge is 2.12. The first-order chi connectivity index (χ1) is 11.2. The van der Waals surface area contributed by atoms with Gasteiger partial charge in [0.25, 0.3) is 0 Å². The Balaban J connectivity index is 1.95. The monoisotopic (exact) mass is 336 g/mol. The van der Waals surface area contributed by atoms with Crippen molar-refractivity contribution in [3.8, 4) is 17.2 Å². The fourth-order valence-corrected chi connectivity index (χ4v) is 2.56. The summed E-state index contributed by atoms with van der Waals surface area (Å²) >= 11 is 5.90. The molecule has 0 spiro atoms. The molecule has 0 aromatic heterocycles. The molecule has 0 atom stereocenters. The smallest absolute Gasteiger partial charge is 0.164 e. The second kappa shape index (κ2) is 8.65. The predicted molar refractivity (Wildman–Crippen MR) is 91.8 cm³/mol. The third-order valence-electron chi connectivity index (χ3n) is 3.70. The molecule has 0 aliphatic carbocycles. The van der Waals surface area contributed by atoms with Crippen LogP contribution >= 0.6 is 11.6 Å². The van der Waals surface area contributed by atoms with Crippen LogP contribution in [0.3, 0.4) is 0 Å². The van der Waals surface area contributed by atoms with Crippen molar-refractivity contribution in [1.29, 1.82) is 0 Å². The van der Waals surface area contributed by atoms with E-state index >= 15 is 0 Å². The highest BCUT2D eigenvalue weighted by molar-refractivity contribution is 6.30.